The molecular formula is C23H29N3O4. The first-order valence-corrected chi connectivity index (χ1v) is 11.1. The first kappa shape index (κ1) is 20.6. The van der Waals surface area contributed by atoms with Gasteiger partial charge in [-0.2, -0.15) is 0 Å². The third kappa shape index (κ3) is 3.85. The number of non-ortho nitro benzene ring substituents is 1. The number of benzene rings is 1. The Labute approximate surface area is 176 Å². The SMILES string of the molecule is CC1CCCN(C2=C(c3ccc([N+](=O)[O-])cc3)C(=O)N(C3CCCCCC3)C2=O)C1. The molecule has 7 nitrogen and oxygen atoms in total. The largest absolute Gasteiger partial charge is 0.366 e. The van der Waals surface area contributed by atoms with Crippen LogP contribution < -0.4 is 0 Å². The van der Waals surface area contributed by atoms with Gasteiger partial charge in [0.15, 0.2) is 0 Å². The number of likely N-dealkylation sites (tertiary alicyclic amines) is 1. The molecule has 3 aliphatic rings. The smallest absolute Gasteiger partial charge is 0.278 e. The van der Waals surface area contributed by atoms with Crippen LogP contribution in [0.2, 0.25) is 0 Å². The van der Waals surface area contributed by atoms with E-state index in [1.165, 1.54) is 17.0 Å². The summed E-state index contributed by atoms with van der Waals surface area (Å²) in [6.45, 7) is 3.68. The molecule has 0 radical (unpaired) electrons. The molecule has 2 aliphatic heterocycles. The molecule has 0 spiro atoms. The van der Waals surface area contributed by atoms with Crippen molar-refractivity contribution in [1.82, 2.24) is 9.80 Å². The monoisotopic (exact) mass is 411 g/mol. The van der Waals surface area contributed by atoms with Gasteiger partial charge >= 0.3 is 0 Å². The second-order valence-electron chi connectivity index (χ2n) is 8.85. The number of carbonyl (C=O) groups excluding carboxylic acids is 2. The lowest BCUT2D eigenvalue weighted by atomic mass is 9.97. The van der Waals surface area contributed by atoms with Crippen molar-refractivity contribution in [3.8, 4) is 0 Å². The quantitative estimate of drug-likeness (QED) is 0.322. The summed E-state index contributed by atoms with van der Waals surface area (Å²) in [7, 11) is 0. The minimum atomic E-state index is -0.454. The molecule has 4 rings (SSSR count). The van der Waals surface area contributed by atoms with E-state index < -0.39 is 4.92 Å². The lowest BCUT2D eigenvalue weighted by Gasteiger charge is -2.34. The molecule has 0 bridgehead atoms. The van der Waals surface area contributed by atoms with Crippen LogP contribution in [0.4, 0.5) is 5.69 Å². The van der Waals surface area contributed by atoms with Crippen LogP contribution in [0.3, 0.4) is 0 Å². The zero-order valence-corrected chi connectivity index (χ0v) is 17.5. The first-order valence-electron chi connectivity index (χ1n) is 11.1. The molecule has 1 aliphatic carbocycles. The number of nitro benzene ring substituents is 1. The maximum atomic E-state index is 13.6. The number of amides is 2. The van der Waals surface area contributed by atoms with Crippen molar-refractivity contribution in [2.45, 2.75) is 64.3 Å². The maximum absolute atomic E-state index is 13.6. The average Bonchev–Trinajstić information content (AvgIpc) is 2.89. The molecule has 1 unspecified atom stereocenters. The highest BCUT2D eigenvalue weighted by Crippen LogP contribution is 2.37. The number of carbonyl (C=O) groups is 2. The maximum Gasteiger partial charge on any atom is 0.278 e. The molecular weight excluding hydrogens is 382 g/mol. The minimum Gasteiger partial charge on any atom is -0.366 e. The van der Waals surface area contributed by atoms with Gasteiger partial charge in [0.25, 0.3) is 17.5 Å². The second kappa shape index (κ2) is 8.58. The summed E-state index contributed by atoms with van der Waals surface area (Å²) in [4.78, 5) is 41.3. The Morgan fingerprint density at radius 3 is 2.20 bits per heavy atom. The molecule has 1 saturated heterocycles. The molecule has 0 N–H and O–H groups in total. The lowest BCUT2D eigenvalue weighted by molar-refractivity contribution is -0.384. The summed E-state index contributed by atoms with van der Waals surface area (Å²) in [6, 6.07) is 5.96. The minimum absolute atomic E-state index is 0.0232. The predicted molar refractivity (Wildman–Crippen MR) is 113 cm³/mol. The third-order valence-corrected chi connectivity index (χ3v) is 6.62. The Bertz CT molecular complexity index is 869. The van der Waals surface area contributed by atoms with Crippen molar-refractivity contribution in [2.75, 3.05) is 13.1 Å². The van der Waals surface area contributed by atoms with Crippen LogP contribution in [0.15, 0.2) is 30.0 Å². The summed E-state index contributed by atoms with van der Waals surface area (Å²) < 4.78 is 0. The van der Waals surface area contributed by atoms with Gasteiger partial charge in [0.2, 0.25) is 0 Å². The van der Waals surface area contributed by atoms with E-state index >= 15 is 0 Å². The standard InChI is InChI=1S/C23H29N3O4/c1-16-7-6-14-24(15-16)21-20(17-10-12-19(13-11-17)26(29)30)22(27)25(23(21)28)18-8-4-2-3-5-9-18/h10-13,16,18H,2-9,14-15H2,1H3. The Hall–Kier alpha value is -2.70. The van der Waals surface area contributed by atoms with Crippen molar-refractivity contribution in [1.29, 1.82) is 0 Å². The molecule has 2 heterocycles. The van der Waals surface area contributed by atoms with Crippen molar-refractivity contribution in [3.05, 3.63) is 45.6 Å². The highest BCUT2D eigenvalue weighted by molar-refractivity contribution is 6.35. The van der Waals surface area contributed by atoms with Crippen LogP contribution in [-0.4, -0.2) is 45.7 Å². The molecule has 1 saturated carbocycles. The van der Waals surface area contributed by atoms with Crippen LogP contribution in [-0.2, 0) is 9.59 Å². The zero-order valence-electron chi connectivity index (χ0n) is 17.5. The molecule has 1 aromatic rings. The van der Waals surface area contributed by atoms with Crippen LogP contribution in [0, 0.1) is 16.0 Å². The summed E-state index contributed by atoms with van der Waals surface area (Å²) in [5.41, 5.74) is 1.46. The van der Waals surface area contributed by atoms with Gasteiger partial charge in [0, 0.05) is 31.3 Å². The normalized spacial score (nSPS) is 23.8. The van der Waals surface area contributed by atoms with E-state index in [-0.39, 0.29) is 23.5 Å². The fourth-order valence-corrected chi connectivity index (χ4v) is 5.08. The molecule has 1 atom stereocenters. The molecule has 2 fully saturated rings. The van der Waals surface area contributed by atoms with Gasteiger partial charge in [-0.25, -0.2) is 0 Å². The Kier molecular flexibility index (Phi) is 5.88. The molecule has 160 valence electrons. The summed E-state index contributed by atoms with van der Waals surface area (Å²) >= 11 is 0. The number of nitrogens with zero attached hydrogens (tertiary/aromatic N) is 3. The van der Waals surface area contributed by atoms with E-state index in [4.69, 9.17) is 0 Å². The Morgan fingerprint density at radius 2 is 1.60 bits per heavy atom. The lowest BCUT2D eigenvalue weighted by Crippen LogP contribution is -2.43. The number of rotatable bonds is 4. The fourth-order valence-electron chi connectivity index (χ4n) is 5.08. The molecule has 2 amide bonds. The number of piperidine rings is 1. The van der Waals surface area contributed by atoms with Gasteiger partial charge in [0.1, 0.15) is 5.70 Å². The number of hydrogen-bond acceptors (Lipinski definition) is 5. The van der Waals surface area contributed by atoms with Crippen LogP contribution in [0.25, 0.3) is 5.57 Å². The summed E-state index contributed by atoms with van der Waals surface area (Å²) in [5.74, 6) is 0.0301. The summed E-state index contributed by atoms with van der Waals surface area (Å²) in [6.07, 6.45) is 8.17. The van der Waals surface area contributed by atoms with E-state index in [1.54, 1.807) is 12.1 Å². The van der Waals surface area contributed by atoms with Crippen LogP contribution in [0.1, 0.15) is 63.9 Å². The van der Waals surface area contributed by atoms with Gasteiger partial charge in [-0.15, -0.1) is 0 Å². The summed E-state index contributed by atoms with van der Waals surface area (Å²) in [5, 5.41) is 11.0. The van der Waals surface area contributed by atoms with Crippen molar-refractivity contribution in [3.63, 3.8) is 0 Å². The van der Waals surface area contributed by atoms with E-state index in [2.05, 4.69) is 11.8 Å². The highest BCUT2D eigenvalue weighted by Gasteiger charge is 2.45. The second-order valence-corrected chi connectivity index (χ2v) is 8.85. The molecule has 7 heteroatoms. The van der Waals surface area contributed by atoms with Crippen molar-refractivity contribution < 1.29 is 14.5 Å². The molecule has 30 heavy (non-hydrogen) atoms. The van der Waals surface area contributed by atoms with E-state index in [0.717, 1.165) is 64.5 Å². The molecule has 1 aromatic carbocycles. The Balaban J connectivity index is 1.74. The van der Waals surface area contributed by atoms with Gasteiger partial charge in [-0.1, -0.05) is 32.6 Å². The number of hydrogen-bond donors (Lipinski definition) is 0. The van der Waals surface area contributed by atoms with Crippen LogP contribution in [0.5, 0.6) is 0 Å². The van der Waals surface area contributed by atoms with Gasteiger partial charge in [0.05, 0.1) is 10.5 Å². The molecule has 0 aromatic heterocycles. The van der Waals surface area contributed by atoms with Gasteiger partial charge < -0.3 is 4.90 Å². The topological polar surface area (TPSA) is 83.8 Å². The van der Waals surface area contributed by atoms with Gasteiger partial charge in [-0.3, -0.25) is 24.6 Å². The first-order chi connectivity index (χ1) is 14.5. The van der Waals surface area contributed by atoms with Crippen LogP contribution >= 0.6 is 0 Å². The number of imide groups is 1. The van der Waals surface area contributed by atoms with E-state index in [1.807, 2.05) is 0 Å². The zero-order chi connectivity index (χ0) is 21.3. The third-order valence-electron chi connectivity index (χ3n) is 6.62. The average molecular weight is 412 g/mol. The number of nitro groups is 1. The van der Waals surface area contributed by atoms with Crippen molar-refractivity contribution in [2.24, 2.45) is 5.92 Å². The fraction of sp³-hybridized carbons (Fsp3) is 0.565. The highest BCUT2D eigenvalue weighted by atomic mass is 16.6. The Morgan fingerprint density at radius 1 is 0.933 bits per heavy atom. The van der Waals surface area contributed by atoms with E-state index in [9.17, 15) is 19.7 Å². The van der Waals surface area contributed by atoms with Crippen molar-refractivity contribution >= 4 is 23.1 Å². The van der Waals surface area contributed by atoms with E-state index in [0.29, 0.717) is 22.8 Å². The predicted octanol–water partition coefficient (Wildman–Crippen LogP) is 4.13. The van der Waals surface area contributed by atoms with Gasteiger partial charge in [-0.05, 0) is 49.3 Å².